The van der Waals surface area contributed by atoms with E-state index >= 15 is 0 Å². The summed E-state index contributed by atoms with van der Waals surface area (Å²) in [5, 5.41) is 13.7. The standard InChI is InChI=1S/C23H23N5O7S3/c29-20(24-16-3-6-18-19(13-16)35-12-11-34-18)14-36-23-27-26-22(37-23)25-21(30)15-1-4-17(5-2-15)38(31,32)28-7-9-33-10-8-28/h1-6,13H,7-12,14H2,(H,24,29)(H,25,26,30). The highest BCUT2D eigenvalue weighted by Crippen LogP contribution is 2.33. The van der Waals surface area contributed by atoms with Crippen molar-refractivity contribution in [3.8, 4) is 11.5 Å². The summed E-state index contributed by atoms with van der Waals surface area (Å²) >= 11 is 2.31. The molecule has 2 amide bonds. The van der Waals surface area contributed by atoms with Gasteiger partial charge >= 0.3 is 0 Å². The first kappa shape index (κ1) is 26.4. The van der Waals surface area contributed by atoms with Crippen molar-refractivity contribution in [2.24, 2.45) is 0 Å². The number of thioether (sulfide) groups is 1. The van der Waals surface area contributed by atoms with Gasteiger partial charge in [-0.3, -0.25) is 14.9 Å². The minimum atomic E-state index is -3.64. The maximum atomic E-state index is 12.7. The van der Waals surface area contributed by atoms with Crippen molar-refractivity contribution in [3.05, 3.63) is 48.0 Å². The highest BCUT2D eigenvalue weighted by Gasteiger charge is 2.26. The molecule has 2 aromatic carbocycles. The van der Waals surface area contributed by atoms with Crippen LogP contribution in [0.4, 0.5) is 10.8 Å². The summed E-state index contributed by atoms with van der Waals surface area (Å²) in [5.41, 5.74) is 0.864. The van der Waals surface area contributed by atoms with Gasteiger partial charge in [-0.15, -0.1) is 10.2 Å². The van der Waals surface area contributed by atoms with Gasteiger partial charge in [0, 0.05) is 30.4 Å². The second kappa shape index (κ2) is 11.7. The average Bonchev–Trinajstić information content (AvgIpc) is 3.39. The summed E-state index contributed by atoms with van der Waals surface area (Å²) in [6, 6.07) is 10.9. The van der Waals surface area contributed by atoms with E-state index in [1.165, 1.54) is 40.3 Å². The number of carbonyl (C=O) groups excluding carboxylic acids is 2. The molecule has 0 aliphatic carbocycles. The topological polar surface area (TPSA) is 149 Å². The number of ether oxygens (including phenoxy) is 3. The molecule has 1 saturated heterocycles. The number of rotatable bonds is 8. The van der Waals surface area contributed by atoms with Crippen LogP contribution in [0.15, 0.2) is 51.7 Å². The van der Waals surface area contributed by atoms with Crippen LogP contribution in [0, 0.1) is 0 Å². The van der Waals surface area contributed by atoms with E-state index in [9.17, 15) is 18.0 Å². The number of hydrogen-bond donors (Lipinski definition) is 2. The summed E-state index contributed by atoms with van der Waals surface area (Å²) in [6.07, 6.45) is 0. The van der Waals surface area contributed by atoms with E-state index in [1.807, 2.05) is 0 Å². The van der Waals surface area contributed by atoms with Crippen LogP contribution in [0.3, 0.4) is 0 Å². The summed E-state index contributed by atoms with van der Waals surface area (Å²) < 4.78 is 43.6. The van der Waals surface area contributed by atoms with E-state index in [0.29, 0.717) is 61.0 Å². The first-order valence-corrected chi connectivity index (χ1v) is 14.8. The molecule has 0 bridgehead atoms. The molecule has 2 aliphatic rings. The van der Waals surface area contributed by atoms with Crippen LogP contribution >= 0.6 is 23.1 Å². The Morgan fingerprint density at radius 2 is 1.68 bits per heavy atom. The second-order valence-corrected chi connectivity index (χ2v) is 12.2. The Morgan fingerprint density at radius 1 is 0.947 bits per heavy atom. The second-order valence-electron chi connectivity index (χ2n) is 8.06. The van der Waals surface area contributed by atoms with Gasteiger partial charge in [0.1, 0.15) is 13.2 Å². The number of fused-ring (bicyclic) bond motifs is 1. The monoisotopic (exact) mass is 577 g/mol. The van der Waals surface area contributed by atoms with Crippen LogP contribution in [-0.2, 0) is 19.6 Å². The molecule has 12 nitrogen and oxygen atoms in total. The average molecular weight is 578 g/mol. The molecule has 5 rings (SSSR count). The molecule has 2 aliphatic heterocycles. The number of sulfonamides is 1. The predicted molar refractivity (Wildman–Crippen MR) is 141 cm³/mol. The highest BCUT2D eigenvalue weighted by molar-refractivity contribution is 8.01. The molecule has 2 N–H and O–H groups in total. The molecule has 0 unspecified atom stereocenters. The number of aromatic nitrogens is 2. The van der Waals surface area contributed by atoms with Crippen LogP contribution in [0.25, 0.3) is 0 Å². The lowest BCUT2D eigenvalue weighted by atomic mass is 10.2. The lowest BCUT2D eigenvalue weighted by molar-refractivity contribution is -0.113. The maximum absolute atomic E-state index is 12.7. The molecule has 0 radical (unpaired) electrons. The van der Waals surface area contributed by atoms with Gasteiger partial charge in [-0.05, 0) is 36.4 Å². The zero-order chi connectivity index (χ0) is 26.5. The van der Waals surface area contributed by atoms with E-state index in [2.05, 4.69) is 20.8 Å². The Morgan fingerprint density at radius 3 is 2.45 bits per heavy atom. The summed E-state index contributed by atoms with van der Waals surface area (Å²) in [5.74, 6) is 0.625. The molecule has 1 fully saturated rings. The van der Waals surface area contributed by atoms with E-state index in [-0.39, 0.29) is 27.3 Å². The molecule has 200 valence electrons. The molecular weight excluding hydrogens is 554 g/mol. The van der Waals surface area contributed by atoms with Gasteiger partial charge in [0.2, 0.25) is 21.1 Å². The molecule has 3 aromatic rings. The predicted octanol–water partition coefficient (Wildman–Crippen LogP) is 2.31. The fraction of sp³-hybridized carbons (Fsp3) is 0.304. The number of benzene rings is 2. The molecular formula is C23H23N5O7S3. The minimum Gasteiger partial charge on any atom is -0.486 e. The third-order valence-electron chi connectivity index (χ3n) is 5.50. The quantitative estimate of drug-likeness (QED) is 0.302. The van der Waals surface area contributed by atoms with Gasteiger partial charge in [0.05, 0.1) is 23.9 Å². The van der Waals surface area contributed by atoms with Crippen molar-refractivity contribution >= 4 is 55.8 Å². The number of amides is 2. The maximum Gasteiger partial charge on any atom is 0.257 e. The van der Waals surface area contributed by atoms with Crippen molar-refractivity contribution in [2.45, 2.75) is 9.24 Å². The Bertz CT molecular complexity index is 1420. The lowest BCUT2D eigenvalue weighted by Gasteiger charge is -2.26. The third-order valence-corrected chi connectivity index (χ3v) is 9.39. The largest absolute Gasteiger partial charge is 0.486 e. The van der Waals surface area contributed by atoms with E-state index in [1.54, 1.807) is 18.2 Å². The number of nitrogens with one attached hydrogen (secondary N) is 2. The SMILES string of the molecule is O=C(CSc1nnc(NC(=O)c2ccc(S(=O)(=O)N3CCOCC3)cc2)s1)Nc1ccc2c(c1)OCCO2. The Hall–Kier alpha value is -3.24. The number of nitrogens with zero attached hydrogens (tertiary/aromatic N) is 3. The van der Waals surface area contributed by atoms with Crippen molar-refractivity contribution < 1.29 is 32.2 Å². The molecule has 38 heavy (non-hydrogen) atoms. The smallest absolute Gasteiger partial charge is 0.257 e. The first-order chi connectivity index (χ1) is 18.4. The zero-order valence-corrected chi connectivity index (χ0v) is 22.4. The lowest BCUT2D eigenvalue weighted by Crippen LogP contribution is -2.40. The number of hydrogen-bond acceptors (Lipinski definition) is 11. The van der Waals surface area contributed by atoms with Gasteiger partial charge < -0.3 is 19.5 Å². The van der Waals surface area contributed by atoms with Gasteiger partial charge in [0.25, 0.3) is 5.91 Å². The van der Waals surface area contributed by atoms with Crippen LogP contribution in [0.1, 0.15) is 10.4 Å². The minimum absolute atomic E-state index is 0.0934. The number of morpholine rings is 1. The van der Waals surface area contributed by atoms with Gasteiger partial charge in [-0.2, -0.15) is 4.31 Å². The van der Waals surface area contributed by atoms with Crippen LogP contribution in [0.2, 0.25) is 0 Å². The van der Waals surface area contributed by atoms with Crippen LogP contribution in [0.5, 0.6) is 11.5 Å². The molecule has 3 heterocycles. The Labute approximate surface area is 226 Å². The van der Waals surface area contributed by atoms with Crippen molar-refractivity contribution in [1.29, 1.82) is 0 Å². The summed E-state index contributed by atoms with van der Waals surface area (Å²) in [7, 11) is -3.64. The van der Waals surface area contributed by atoms with Gasteiger partial charge in [0.15, 0.2) is 15.8 Å². The van der Waals surface area contributed by atoms with Crippen molar-refractivity contribution in [1.82, 2.24) is 14.5 Å². The fourth-order valence-corrected chi connectivity index (χ4v) is 6.60. The third kappa shape index (κ3) is 6.24. The number of carbonyl (C=O) groups is 2. The molecule has 1 aromatic heterocycles. The normalized spacial score (nSPS) is 15.6. The Kier molecular flexibility index (Phi) is 8.09. The number of anilines is 2. The molecule has 0 spiro atoms. The van der Waals surface area contributed by atoms with Crippen LogP contribution < -0.4 is 20.1 Å². The van der Waals surface area contributed by atoms with E-state index in [0.717, 1.165) is 11.3 Å². The van der Waals surface area contributed by atoms with E-state index < -0.39 is 15.9 Å². The van der Waals surface area contributed by atoms with Gasteiger partial charge in [-0.1, -0.05) is 23.1 Å². The van der Waals surface area contributed by atoms with E-state index in [4.69, 9.17) is 14.2 Å². The van der Waals surface area contributed by atoms with Crippen molar-refractivity contribution in [3.63, 3.8) is 0 Å². The molecule has 0 atom stereocenters. The molecule has 15 heteroatoms. The highest BCUT2D eigenvalue weighted by atomic mass is 32.2. The van der Waals surface area contributed by atoms with Gasteiger partial charge in [-0.25, -0.2) is 8.42 Å². The molecule has 0 saturated carbocycles. The Balaban J connectivity index is 1.12. The first-order valence-electron chi connectivity index (χ1n) is 11.5. The summed E-state index contributed by atoms with van der Waals surface area (Å²) in [6.45, 7) is 2.24. The van der Waals surface area contributed by atoms with Crippen LogP contribution in [-0.4, -0.2) is 80.0 Å². The fourth-order valence-electron chi connectivity index (χ4n) is 3.65. The summed E-state index contributed by atoms with van der Waals surface area (Å²) in [4.78, 5) is 25.1. The zero-order valence-electron chi connectivity index (χ0n) is 19.9. The van der Waals surface area contributed by atoms with Crippen molar-refractivity contribution in [2.75, 3.05) is 55.9 Å².